The van der Waals surface area contributed by atoms with Gasteiger partial charge in [-0.15, -0.1) is 0 Å². The predicted molar refractivity (Wildman–Crippen MR) is 86.0 cm³/mol. The quantitative estimate of drug-likeness (QED) is 0.813. The number of pyridine rings is 1. The van der Waals surface area contributed by atoms with E-state index >= 15 is 0 Å². The fourth-order valence-corrected chi connectivity index (χ4v) is 2.46. The smallest absolute Gasteiger partial charge is 0.399 e. The van der Waals surface area contributed by atoms with Gasteiger partial charge in [0.05, 0.1) is 17.7 Å². The van der Waals surface area contributed by atoms with Crippen LogP contribution in [-0.4, -0.2) is 33.1 Å². The van der Waals surface area contributed by atoms with Gasteiger partial charge in [-0.1, -0.05) is 6.07 Å². The third kappa shape index (κ3) is 2.81. The van der Waals surface area contributed by atoms with Gasteiger partial charge in [-0.05, 0) is 45.7 Å². The van der Waals surface area contributed by atoms with Gasteiger partial charge >= 0.3 is 7.12 Å². The summed E-state index contributed by atoms with van der Waals surface area (Å²) in [5.74, 6) is 0. The fourth-order valence-electron chi connectivity index (χ4n) is 2.46. The lowest BCUT2D eigenvalue weighted by molar-refractivity contribution is 0.00578. The third-order valence-electron chi connectivity index (χ3n) is 4.45. The van der Waals surface area contributed by atoms with Gasteiger partial charge in [0.15, 0.2) is 0 Å². The fraction of sp³-hybridized carbons (Fsp3) is 0.500. The lowest BCUT2D eigenvalue weighted by atomic mass is 9.82. The molecule has 1 saturated heterocycles. The van der Waals surface area contributed by atoms with Crippen molar-refractivity contribution in [2.75, 3.05) is 0 Å². The molecule has 0 atom stereocenters. The van der Waals surface area contributed by atoms with Crippen LogP contribution in [0.1, 0.15) is 38.8 Å². The van der Waals surface area contributed by atoms with Crippen molar-refractivity contribution in [3.8, 4) is 0 Å². The van der Waals surface area contributed by atoms with Crippen molar-refractivity contribution < 1.29 is 9.31 Å². The van der Waals surface area contributed by atoms with Gasteiger partial charge in [0.1, 0.15) is 0 Å². The first-order chi connectivity index (χ1) is 10.3. The number of nitrogens with zero attached hydrogens (tertiary/aromatic N) is 3. The minimum Gasteiger partial charge on any atom is -0.399 e. The predicted octanol–water partition coefficient (Wildman–Crippen LogP) is 1.93. The molecule has 0 N–H and O–H groups in total. The van der Waals surface area contributed by atoms with E-state index < -0.39 is 0 Å². The first-order valence-electron chi connectivity index (χ1n) is 7.55. The lowest BCUT2D eigenvalue weighted by Gasteiger charge is -2.32. The molecule has 0 aliphatic carbocycles. The van der Waals surface area contributed by atoms with Crippen molar-refractivity contribution in [1.82, 2.24) is 14.8 Å². The molecule has 0 unspecified atom stereocenters. The van der Waals surface area contributed by atoms with Crippen molar-refractivity contribution >= 4 is 12.6 Å². The summed E-state index contributed by atoms with van der Waals surface area (Å²) in [6, 6.07) is 2.11. The van der Waals surface area contributed by atoms with Crippen LogP contribution in [0.3, 0.4) is 0 Å². The normalized spacial score (nSPS) is 19.6. The Hall–Kier alpha value is -1.66. The summed E-state index contributed by atoms with van der Waals surface area (Å²) >= 11 is 0. The maximum atomic E-state index is 6.04. The van der Waals surface area contributed by atoms with Crippen molar-refractivity contribution in [1.29, 1.82) is 0 Å². The van der Waals surface area contributed by atoms with E-state index in [-0.39, 0.29) is 18.3 Å². The molecule has 0 spiro atoms. The Balaban J connectivity index is 1.75. The summed E-state index contributed by atoms with van der Waals surface area (Å²) in [6.07, 6.45) is 7.50. The van der Waals surface area contributed by atoms with Crippen molar-refractivity contribution in [3.05, 3.63) is 42.0 Å². The monoisotopic (exact) mass is 299 g/mol. The number of aromatic nitrogens is 3. The van der Waals surface area contributed by atoms with Crippen LogP contribution in [0.25, 0.3) is 0 Å². The second-order valence-corrected chi connectivity index (χ2v) is 6.93. The van der Waals surface area contributed by atoms with E-state index in [0.717, 1.165) is 16.6 Å². The van der Waals surface area contributed by atoms with Crippen LogP contribution in [0.15, 0.2) is 30.9 Å². The maximum Gasteiger partial charge on any atom is 0.498 e. The zero-order valence-electron chi connectivity index (χ0n) is 13.8. The summed E-state index contributed by atoms with van der Waals surface area (Å²) < 4.78 is 14.0. The topological polar surface area (TPSA) is 49.2 Å². The molecule has 6 heteroatoms. The number of hydrogen-bond acceptors (Lipinski definition) is 4. The standard InChI is InChI=1S/C16H22BN3O2/c1-12-6-13(8-18-7-12)10-20-11-14(9-19-20)17-21-15(2,3)16(4,5)22-17/h6-9,11H,10H2,1-5H3. The van der Waals surface area contributed by atoms with Crippen LogP contribution in [0.5, 0.6) is 0 Å². The van der Waals surface area contributed by atoms with E-state index in [1.54, 1.807) is 0 Å². The van der Waals surface area contributed by atoms with E-state index in [1.165, 1.54) is 0 Å². The Morgan fingerprint density at radius 1 is 1.09 bits per heavy atom. The summed E-state index contributed by atoms with van der Waals surface area (Å²) in [7, 11) is -0.366. The summed E-state index contributed by atoms with van der Waals surface area (Å²) in [4.78, 5) is 4.21. The highest BCUT2D eigenvalue weighted by atomic mass is 16.7. The maximum absolute atomic E-state index is 6.04. The van der Waals surface area contributed by atoms with E-state index in [9.17, 15) is 0 Å². The Morgan fingerprint density at radius 3 is 2.41 bits per heavy atom. The second kappa shape index (κ2) is 5.21. The molecule has 0 saturated carbocycles. The SMILES string of the molecule is Cc1cncc(Cn2cc(B3OC(C)(C)C(C)(C)O3)cn2)c1. The molecule has 5 nitrogen and oxygen atoms in total. The molecular weight excluding hydrogens is 277 g/mol. The van der Waals surface area contributed by atoms with Gasteiger partial charge in [0.25, 0.3) is 0 Å². The average molecular weight is 299 g/mol. The molecule has 0 bridgehead atoms. The Morgan fingerprint density at radius 2 is 1.77 bits per heavy atom. The largest absolute Gasteiger partial charge is 0.498 e. The van der Waals surface area contributed by atoms with E-state index in [1.807, 2.05) is 36.4 Å². The molecule has 1 aliphatic heterocycles. The van der Waals surface area contributed by atoms with Gasteiger partial charge in [-0.2, -0.15) is 5.10 Å². The number of hydrogen-bond donors (Lipinski definition) is 0. The minimum atomic E-state index is -0.366. The van der Waals surface area contributed by atoms with Gasteiger partial charge in [-0.3, -0.25) is 9.67 Å². The van der Waals surface area contributed by atoms with Crippen molar-refractivity contribution in [2.24, 2.45) is 0 Å². The van der Waals surface area contributed by atoms with Crippen LogP contribution >= 0.6 is 0 Å². The van der Waals surface area contributed by atoms with Crippen LogP contribution in [0.2, 0.25) is 0 Å². The first kappa shape index (κ1) is 15.2. The summed E-state index contributed by atoms with van der Waals surface area (Å²) in [5, 5.41) is 4.41. The molecule has 0 amide bonds. The lowest BCUT2D eigenvalue weighted by Crippen LogP contribution is -2.41. The molecule has 2 aromatic heterocycles. The molecular formula is C16H22BN3O2. The van der Waals surface area contributed by atoms with Gasteiger partial charge in [0.2, 0.25) is 0 Å². The molecule has 1 aliphatic rings. The van der Waals surface area contributed by atoms with Crippen LogP contribution in [-0.2, 0) is 15.9 Å². The summed E-state index contributed by atoms with van der Waals surface area (Å²) in [5.41, 5.74) is 2.55. The zero-order chi connectivity index (χ0) is 16.0. The molecule has 2 aromatic rings. The highest BCUT2D eigenvalue weighted by Crippen LogP contribution is 2.36. The first-order valence-corrected chi connectivity index (χ1v) is 7.55. The van der Waals surface area contributed by atoms with Gasteiger partial charge in [0, 0.05) is 30.3 Å². The molecule has 22 heavy (non-hydrogen) atoms. The number of aryl methyl sites for hydroxylation is 1. The second-order valence-electron chi connectivity index (χ2n) is 6.93. The van der Waals surface area contributed by atoms with Gasteiger partial charge in [-0.25, -0.2) is 0 Å². The zero-order valence-corrected chi connectivity index (χ0v) is 13.8. The van der Waals surface area contributed by atoms with Crippen LogP contribution in [0, 0.1) is 6.92 Å². The van der Waals surface area contributed by atoms with Crippen molar-refractivity contribution in [3.63, 3.8) is 0 Å². The van der Waals surface area contributed by atoms with E-state index in [4.69, 9.17) is 9.31 Å². The minimum absolute atomic E-state index is 0.333. The van der Waals surface area contributed by atoms with Crippen LogP contribution < -0.4 is 5.46 Å². The third-order valence-corrected chi connectivity index (χ3v) is 4.45. The molecule has 116 valence electrons. The molecule has 3 rings (SSSR count). The Bertz CT molecular complexity index is 666. The summed E-state index contributed by atoms with van der Waals surface area (Å²) in [6.45, 7) is 10.9. The Labute approximate surface area is 131 Å². The highest BCUT2D eigenvalue weighted by Gasteiger charge is 2.52. The van der Waals surface area contributed by atoms with Gasteiger partial charge < -0.3 is 9.31 Å². The highest BCUT2D eigenvalue weighted by molar-refractivity contribution is 6.61. The molecule has 1 fully saturated rings. The van der Waals surface area contributed by atoms with E-state index in [2.05, 4.69) is 43.8 Å². The molecule has 0 aromatic carbocycles. The van der Waals surface area contributed by atoms with Crippen LogP contribution in [0.4, 0.5) is 0 Å². The Kier molecular flexibility index (Phi) is 3.61. The molecule has 0 radical (unpaired) electrons. The van der Waals surface area contributed by atoms with E-state index in [0.29, 0.717) is 6.54 Å². The van der Waals surface area contributed by atoms with Crippen molar-refractivity contribution in [2.45, 2.75) is 52.4 Å². The molecule has 3 heterocycles. The average Bonchev–Trinajstić information content (AvgIpc) is 2.93. The number of rotatable bonds is 3.